The van der Waals surface area contributed by atoms with Gasteiger partial charge in [-0.05, 0) is 12.8 Å². The average molecular weight is 193 g/mol. The lowest BCUT2D eigenvalue weighted by Crippen LogP contribution is -2.25. The number of hydrogen-bond acceptors (Lipinski definition) is 2. The van der Waals surface area contributed by atoms with E-state index < -0.39 is 0 Å². The highest BCUT2D eigenvalue weighted by Crippen LogP contribution is 2.37. The molecule has 76 valence electrons. The number of hydrogen-bond donors (Lipinski definition) is 2. The van der Waals surface area contributed by atoms with E-state index >= 15 is 0 Å². The van der Waals surface area contributed by atoms with Gasteiger partial charge in [-0.15, -0.1) is 0 Å². The summed E-state index contributed by atoms with van der Waals surface area (Å²) in [5.74, 6) is 1.56. The number of aromatic nitrogens is 2. The number of aryl methyl sites for hydroxylation is 1. The van der Waals surface area contributed by atoms with Gasteiger partial charge in [0.1, 0.15) is 0 Å². The molecular weight excluding hydrogens is 178 g/mol. The monoisotopic (exact) mass is 193 g/mol. The van der Waals surface area contributed by atoms with Crippen molar-refractivity contribution in [2.45, 2.75) is 33.1 Å². The maximum Gasteiger partial charge on any atom is 0.226 e. The van der Waals surface area contributed by atoms with E-state index in [2.05, 4.69) is 29.4 Å². The molecule has 1 aliphatic heterocycles. The molecular formula is C10H15N3O. The fourth-order valence-electron chi connectivity index (χ4n) is 2.04. The van der Waals surface area contributed by atoms with Gasteiger partial charge in [-0.1, -0.05) is 13.8 Å². The first-order chi connectivity index (χ1) is 6.59. The van der Waals surface area contributed by atoms with E-state index in [-0.39, 0.29) is 5.91 Å². The smallest absolute Gasteiger partial charge is 0.226 e. The van der Waals surface area contributed by atoms with Crippen molar-refractivity contribution in [1.82, 2.24) is 10.2 Å². The van der Waals surface area contributed by atoms with Gasteiger partial charge < -0.3 is 5.32 Å². The molecule has 14 heavy (non-hydrogen) atoms. The van der Waals surface area contributed by atoms with Gasteiger partial charge in [-0.3, -0.25) is 9.89 Å². The lowest BCUT2D eigenvalue weighted by Gasteiger charge is -2.25. The number of nitrogens with zero attached hydrogens (tertiary/aromatic N) is 1. The fraction of sp³-hybridized carbons (Fsp3) is 0.600. The molecule has 0 spiro atoms. The predicted octanol–water partition coefficient (Wildman–Crippen LogP) is 1.80. The van der Waals surface area contributed by atoms with Gasteiger partial charge in [0, 0.05) is 23.6 Å². The van der Waals surface area contributed by atoms with Crippen LogP contribution in [0.15, 0.2) is 0 Å². The van der Waals surface area contributed by atoms with Crippen molar-refractivity contribution < 1.29 is 4.79 Å². The normalized spacial score (nSPS) is 20.9. The molecule has 0 radical (unpaired) electrons. The summed E-state index contributed by atoms with van der Waals surface area (Å²) in [4.78, 5) is 11.4. The fourth-order valence-corrected chi connectivity index (χ4v) is 2.04. The maximum absolute atomic E-state index is 11.4. The number of aromatic amines is 1. The Hall–Kier alpha value is -1.32. The summed E-state index contributed by atoms with van der Waals surface area (Å²) in [6.07, 6.45) is 0.574. The van der Waals surface area contributed by atoms with Gasteiger partial charge in [0.2, 0.25) is 5.91 Å². The van der Waals surface area contributed by atoms with Gasteiger partial charge in [0.15, 0.2) is 5.82 Å². The largest absolute Gasteiger partial charge is 0.309 e. The highest BCUT2D eigenvalue weighted by molar-refractivity contribution is 5.93. The molecule has 2 N–H and O–H groups in total. The Morgan fingerprint density at radius 1 is 1.50 bits per heavy atom. The molecule has 4 heteroatoms. The Morgan fingerprint density at radius 3 is 2.86 bits per heavy atom. The number of carbonyl (C=O) groups excluding carboxylic acids is 1. The topological polar surface area (TPSA) is 57.8 Å². The SMILES string of the molecule is Cc1[nH]nc2c1C(C(C)C)CC(=O)N2. The molecule has 0 fully saturated rings. The van der Waals surface area contributed by atoms with E-state index in [1.807, 2.05) is 6.92 Å². The minimum Gasteiger partial charge on any atom is -0.309 e. The van der Waals surface area contributed by atoms with Crippen molar-refractivity contribution in [2.75, 3.05) is 5.32 Å². The van der Waals surface area contributed by atoms with E-state index in [1.54, 1.807) is 0 Å². The quantitative estimate of drug-likeness (QED) is 0.714. The Labute approximate surface area is 83.1 Å². The van der Waals surface area contributed by atoms with E-state index in [4.69, 9.17) is 0 Å². The third-order valence-corrected chi connectivity index (χ3v) is 2.83. The number of rotatable bonds is 1. The first kappa shape index (κ1) is 9.24. The van der Waals surface area contributed by atoms with Gasteiger partial charge >= 0.3 is 0 Å². The van der Waals surface area contributed by atoms with Crippen molar-refractivity contribution >= 4 is 11.7 Å². The third kappa shape index (κ3) is 1.31. The molecule has 0 bridgehead atoms. The predicted molar refractivity (Wildman–Crippen MR) is 54.2 cm³/mol. The number of fused-ring (bicyclic) bond motifs is 1. The summed E-state index contributed by atoms with van der Waals surface area (Å²) in [5.41, 5.74) is 2.25. The molecule has 1 aromatic heterocycles. The summed E-state index contributed by atoms with van der Waals surface area (Å²) in [6, 6.07) is 0. The third-order valence-electron chi connectivity index (χ3n) is 2.83. The zero-order valence-electron chi connectivity index (χ0n) is 8.72. The number of H-pyrrole nitrogens is 1. The second-order valence-electron chi connectivity index (χ2n) is 4.21. The van der Waals surface area contributed by atoms with Crippen molar-refractivity contribution in [3.63, 3.8) is 0 Å². The summed E-state index contributed by atoms with van der Waals surface area (Å²) < 4.78 is 0. The second kappa shape index (κ2) is 3.12. The van der Waals surface area contributed by atoms with Crippen LogP contribution in [0.25, 0.3) is 0 Å². The van der Waals surface area contributed by atoms with Crippen molar-refractivity contribution in [1.29, 1.82) is 0 Å². The molecule has 0 saturated carbocycles. The number of amides is 1. The van der Waals surface area contributed by atoms with Crippen LogP contribution < -0.4 is 5.32 Å². The Balaban J connectivity index is 2.46. The lowest BCUT2D eigenvalue weighted by molar-refractivity contribution is -0.117. The van der Waals surface area contributed by atoms with Crippen molar-refractivity contribution in [3.8, 4) is 0 Å². The molecule has 1 aliphatic rings. The minimum absolute atomic E-state index is 0.0719. The van der Waals surface area contributed by atoms with Gasteiger partial charge in [0.25, 0.3) is 0 Å². The second-order valence-corrected chi connectivity index (χ2v) is 4.21. The summed E-state index contributed by atoms with van der Waals surface area (Å²) in [7, 11) is 0. The summed E-state index contributed by atoms with van der Waals surface area (Å²) in [5, 5.41) is 9.79. The molecule has 4 nitrogen and oxygen atoms in total. The van der Waals surface area contributed by atoms with Crippen molar-refractivity contribution in [2.24, 2.45) is 5.92 Å². The van der Waals surface area contributed by atoms with Crippen LogP contribution in [0.4, 0.5) is 5.82 Å². The molecule has 1 atom stereocenters. The average Bonchev–Trinajstić information content (AvgIpc) is 2.46. The molecule has 0 aromatic carbocycles. The highest BCUT2D eigenvalue weighted by atomic mass is 16.1. The van der Waals surface area contributed by atoms with E-state index in [1.165, 1.54) is 5.56 Å². The first-order valence-electron chi connectivity index (χ1n) is 4.94. The van der Waals surface area contributed by atoms with Crippen LogP contribution in [0.5, 0.6) is 0 Å². The Morgan fingerprint density at radius 2 is 2.21 bits per heavy atom. The first-order valence-corrected chi connectivity index (χ1v) is 4.94. The van der Waals surface area contributed by atoms with Crippen LogP contribution in [-0.2, 0) is 4.79 Å². The van der Waals surface area contributed by atoms with Crippen LogP contribution >= 0.6 is 0 Å². The number of anilines is 1. The Kier molecular flexibility index (Phi) is 2.06. The molecule has 2 rings (SSSR count). The van der Waals surface area contributed by atoms with Crippen LogP contribution in [-0.4, -0.2) is 16.1 Å². The van der Waals surface area contributed by atoms with Crippen LogP contribution in [0, 0.1) is 12.8 Å². The van der Waals surface area contributed by atoms with Crippen molar-refractivity contribution in [3.05, 3.63) is 11.3 Å². The molecule has 2 heterocycles. The minimum atomic E-state index is 0.0719. The maximum atomic E-state index is 11.4. The number of carbonyl (C=O) groups is 1. The van der Waals surface area contributed by atoms with Gasteiger partial charge in [-0.25, -0.2) is 0 Å². The molecule has 1 amide bonds. The van der Waals surface area contributed by atoms with E-state index in [0.717, 1.165) is 11.5 Å². The Bertz CT molecular complexity index is 367. The van der Waals surface area contributed by atoms with Gasteiger partial charge in [0.05, 0.1) is 0 Å². The van der Waals surface area contributed by atoms with Crippen LogP contribution in [0.3, 0.4) is 0 Å². The van der Waals surface area contributed by atoms with Crippen LogP contribution in [0.2, 0.25) is 0 Å². The molecule has 1 aromatic rings. The highest BCUT2D eigenvalue weighted by Gasteiger charge is 2.30. The van der Waals surface area contributed by atoms with Gasteiger partial charge in [-0.2, -0.15) is 5.10 Å². The molecule has 0 aliphatic carbocycles. The summed E-state index contributed by atoms with van der Waals surface area (Å²) in [6.45, 7) is 6.28. The van der Waals surface area contributed by atoms with E-state index in [9.17, 15) is 4.79 Å². The zero-order chi connectivity index (χ0) is 10.3. The van der Waals surface area contributed by atoms with E-state index in [0.29, 0.717) is 18.3 Å². The standard InChI is InChI=1S/C10H15N3O/c1-5(2)7-4-8(14)11-10-9(7)6(3)12-13-10/h5,7H,4H2,1-3H3,(H2,11,12,13,14). The summed E-state index contributed by atoms with van der Waals surface area (Å²) >= 11 is 0. The number of nitrogens with one attached hydrogen (secondary N) is 2. The zero-order valence-corrected chi connectivity index (χ0v) is 8.72. The van der Waals surface area contributed by atoms with Crippen LogP contribution in [0.1, 0.15) is 37.4 Å². The lowest BCUT2D eigenvalue weighted by atomic mass is 9.83. The molecule has 0 saturated heterocycles. The molecule has 1 unspecified atom stereocenters.